The van der Waals surface area contributed by atoms with Crippen molar-refractivity contribution in [3.05, 3.63) is 54.5 Å². The molecule has 1 aromatic heterocycles. The molecule has 1 saturated heterocycles. The first kappa shape index (κ1) is 27.5. The third kappa shape index (κ3) is 10.4. The number of hydrogen-bond donors (Lipinski definition) is 2. The van der Waals surface area contributed by atoms with Gasteiger partial charge in [0.1, 0.15) is 5.76 Å². The summed E-state index contributed by atoms with van der Waals surface area (Å²) in [4.78, 5) is 9.63. The van der Waals surface area contributed by atoms with Crippen molar-refractivity contribution in [3.8, 4) is 0 Å². The summed E-state index contributed by atoms with van der Waals surface area (Å²) in [5.74, 6) is 1.90. The van der Waals surface area contributed by atoms with Gasteiger partial charge in [-0.1, -0.05) is 18.2 Å². The molecular weight excluding hydrogens is 529 g/mol. The second-order valence-electron chi connectivity index (χ2n) is 8.35. The molecule has 1 fully saturated rings. The third-order valence-electron chi connectivity index (χ3n) is 5.90. The highest BCUT2D eigenvalue weighted by atomic mass is 127. The normalized spacial score (nSPS) is 15.2. The Kier molecular flexibility index (Phi) is 13.3. The summed E-state index contributed by atoms with van der Waals surface area (Å²) in [6.07, 6.45) is 5.83. The van der Waals surface area contributed by atoms with E-state index >= 15 is 0 Å². The van der Waals surface area contributed by atoms with Gasteiger partial charge in [-0.05, 0) is 43.5 Å². The highest BCUT2D eigenvalue weighted by Crippen LogP contribution is 2.12. The van der Waals surface area contributed by atoms with Crippen LogP contribution >= 0.6 is 24.0 Å². The maximum atomic E-state index is 5.45. The molecule has 1 aliphatic rings. The number of hydrogen-bond acceptors (Lipinski definition) is 5. The topological polar surface area (TPSA) is 65.3 Å². The predicted molar refractivity (Wildman–Crippen MR) is 147 cm³/mol. The number of para-hydroxylation sites is 1. The molecule has 0 radical (unpaired) electrons. The molecule has 0 unspecified atom stereocenters. The fourth-order valence-electron chi connectivity index (χ4n) is 3.94. The largest absolute Gasteiger partial charge is 0.469 e. The lowest BCUT2D eigenvalue weighted by Crippen LogP contribution is -2.49. The highest BCUT2D eigenvalue weighted by molar-refractivity contribution is 14.0. The first-order valence-corrected chi connectivity index (χ1v) is 11.8. The summed E-state index contributed by atoms with van der Waals surface area (Å²) < 4.78 is 10.7. The van der Waals surface area contributed by atoms with Gasteiger partial charge in [0.2, 0.25) is 0 Å². The van der Waals surface area contributed by atoms with Crippen molar-refractivity contribution in [1.82, 2.24) is 15.5 Å². The van der Waals surface area contributed by atoms with Crippen LogP contribution in [0.5, 0.6) is 0 Å². The van der Waals surface area contributed by atoms with Crippen LogP contribution in [0.25, 0.3) is 0 Å². The second-order valence-corrected chi connectivity index (χ2v) is 8.35. The molecule has 0 aliphatic carbocycles. The number of guanidine groups is 1. The van der Waals surface area contributed by atoms with Gasteiger partial charge in [-0.15, -0.1) is 24.0 Å². The number of likely N-dealkylation sites (tertiary alicyclic amines) is 1. The zero-order valence-electron chi connectivity index (χ0n) is 20.0. The summed E-state index contributed by atoms with van der Waals surface area (Å²) in [6, 6.07) is 14.9. The van der Waals surface area contributed by atoms with Crippen LogP contribution in [0.4, 0.5) is 5.69 Å². The number of furan rings is 1. The minimum atomic E-state index is 0. The number of nitrogens with zero attached hydrogens (tertiary/aromatic N) is 3. The van der Waals surface area contributed by atoms with Crippen molar-refractivity contribution < 1.29 is 9.15 Å². The summed E-state index contributed by atoms with van der Waals surface area (Å²) in [5, 5.41) is 7.17. The first-order valence-electron chi connectivity index (χ1n) is 11.8. The number of ether oxygens (including phenoxy) is 1. The van der Waals surface area contributed by atoms with E-state index in [1.807, 2.05) is 12.1 Å². The number of nitrogens with one attached hydrogen (secondary N) is 2. The monoisotopic (exact) mass is 569 g/mol. The molecule has 2 aromatic rings. The standard InChI is InChI=1S/C25H39N5O2.HI/c1-29(23-8-4-3-5-9-23)16-7-14-26-25(27-15-11-24-10-6-20-32-24)28-22-12-17-30(18-13-22)19-21-31-2;/h3-6,8-10,20,22H,7,11-19,21H2,1-2H3,(H2,26,27,28);1H. The van der Waals surface area contributed by atoms with Crippen LogP contribution in [0, 0.1) is 0 Å². The molecule has 0 spiro atoms. The van der Waals surface area contributed by atoms with Gasteiger partial charge in [-0.3, -0.25) is 4.99 Å². The van der Waals surface area contributed by atoms with Crippen molar-refractivity contribution in [2.75, 3.05) is 64.9 Å². The second kappa shape index (κ2) is 16.0. The van der Waals surface area contributed by atoms with E-state index in [9.17, 15) is 0 Å². The van der Waals surface area contributed by atoms with Crippen molar-refractivity contribution in [2.24, 2.45) is 4.99 Å². The fourth-order valence-corrected chi connectivity index (χ4v) is 3.94. The Morgan fingerprint density at radius 1 is 1.18 bits per heavy atom. The van der Waals surface area contributed by atoms with E-state index in [-0.39, 0.29) is 24.0 Å². The molecule has 0 amide bonds. The van der Waals surface area contributed by atoms with Crippen LogP contribution in [0.15, 0.2) is 58.1 Å². The molecule has 2 heterocycles. The number of rotatable bonds is 12. The maximum absolute atomic E-state index is 5.45. The van der Waals surface area contributed by atoms with E-state index in [0.29, 0.717) is 6.04 Å². The average Bonchev–Trinajstić information content (AvgIpc) is 3.35. The van der Waals surface area contributed by atoms with Crippen molar-refractivity contribution in [1.29, 1.82) is 0 Å². The van der Waals surface area contributed by atoms with E-state index in [0.717, 1.165) is 83.3 Å². The van der Waals surface area contributed by atoms with Crippen LogP contribution in [0.2, 0.25) is 0 Å². The maximum Gasteiger partial charge on any atom is 0.191 e. The molecular formula is C25H40IN5O2. The summed E-state index contributed by atoms with van der Waals surface area (Å²) in [7, 11) is 3.90. The number of methoxy groups -OCH3 is 1. The molecule has 184 valence electrons. The zero-order valence-corrected chi connectivity index (χ0v) is 22.4. The number of anilines is 1. The van der Waals surface area contributed by atoms with Crippen LogP contribution < -0.4 is 15.5 Å². The molecule has 2 N–H and O–H groups in total. The number of aliphatic imine (C=N–C) groups is 1. The molecule has 7 nitrogen and oxygen atoms in total. The quantitative estimate of drug-likeness (QED) is 0.176. The van der Waals surface area contributed by atoms with E-state index in [1.165, 1.54) is 5.69 Å². The highest BCUT2D eigenvalue weighted by Gasteiger charge is 2.19. The molecule has 0 atom stereocenters. The van der Waals surface area contributed by atoms with Gasteiger partial charge in [-0.25, -0.2) is 0 Å². The molecule has 3 rings (SSSR count). The van der Waals surface area contributed by atoms with Gasteiger partial charge < -0.3 is 29.6 Å². The van der Waals surface area contributed by atoms with Gasteiger partial charge in [0.25, 0.3) is 0 Å². The third-order valence-corrected chi connectivity index (χ3v) is 5.90. The molecule has 1 aromatic carbocycles. The Morgan fingerprint density at radius 2 is 1.97 bits per heavy atom. The van der Waals surface area contributed by atoms with E-state index < -0.39 is 0 Å². The first-order chi connectivity index (χ1) is 15.7. The van der Waals surface area contributed by atoms with Gasteiger partial charge in [0, 0.05) is 71.6 Å². The van der Waals surface area contributed by atoms with Crippen LogP contribution in [0.1, 0.15) is 25.0 Å². The Hall–Kier alpha value is -1.78. The van der Waals surface area contributed by atoms with Crippen molar-refractivity contribution in [3.63, 3.8) is 0 Å². The Bertz CT molecular complexity index is 764. The van der Waals surface area contributed by atoms with Gasteiger partial charge in [0.15, 0.2) is 5.96 Å². The molecule has 0 saturated carbocycles. The predicted octanol–water partition coefficient (Wildman–Crippen LogP) is 3.61. The van der Waals surface area contributed by atoms with Crippen molar-refractivity contribution in [2.45, 2.75) is 31.7 Å². The summed E-state index contributed by atoms with van der Waals surface area (Å²) in [5.41, 5.74) is 1.24. The smallest absolute Gasteiger partial charge is 0.191 e. The summed E-state index contributed by atoms with van der Waals surface area (Å²) >= 11 is 0. The van der Waals surface area contributed by atoms with E-state index in [4.69, 9.17) is 14.1 Å². The van der Waals surface area contributed by atoms with Gasteiger partial charge in [-0.2, -0.15) is 0 Å². The number of benzene rings is 1. The molecule has 0 bridgehead atoms. The Morgan fingerprint density at radius 3 is 2.67 bits per heavy atom. The Balaban J connectivity index is 0.00000385. The summed E-state index contributed by atoms with van der Waals surface area (Å²) in [6.45, 7) is 6.59. The van der Waals surface area contributed by atoms with Gasteiger partial charge in [0.05, 0.1) is 12.9 Å². The van der Waals surface area contributed by atoms with Crippen LogP contribution in [-0.4, -0.2) is 76.9 Å². The molecule has 33 heavy (non-hydrogen) atoms. The van der Waals surface area contributed by atoms with Crippen LogP contribution in [0.3, 0.4) is 0 Å². The Labute approximate surface area is 216 Å². The minimum Gasteiger partial charge on any atom is -0.469 e. The number of halogens is 1. The molecule has 1 aliphatic heterocycles. The molecule has 8 heteroatoms. The minimum absolute atomic E-state index is 0. The lowest BCUT2D eigenvalue weighted by molar-refractivity contribution is 0.128. The lowest BCUT2D eigenvalue weighted by Gasteiger charge is -2.33. The number of piperidine rings is 1. The SMILES string of the molecule is COCCN1CCC(NC(=NCCCN(C)c2ccccc2)NCCc2ccco2)CC1.I. The zero-order chi connectivity index (χ0) is 22.4. The average molecular weight is 570 g/mol. The van der Waals surface area contributed by atoms with E-state index in [2.05, 4.69) is 57.8 Å². The van der Waals surface area contributed by atoms with Crippen molar-refractivity contribution >= 4 is 35.6 Å². The van der Waals surface area contributed by atoms with Gasteiger partial charge >= 0.3 is 0 Å². The fraction of sp³-hybridized carbons (Fsp3) is 0.560. The van der Waals surface area contributed by atoms with E-state index in [1.54, 1.807) is 13.4 Å². The van der Waals surface area contributed by atoms with Crippen LogP contribution in [-0.2, 0) is 11.2 Å². The lowest BCUT2D eigenvalue weighted by atomic mass is 10.1.